The Morgan fingerprint density at radius 2 is 2.19 bits per heavy atom. The summed E-state index contributed by atoms with van der Waals surface area (Å²) in [5.41, 5.74) is 3.15. The zero-order valence-electron chi connectivity index (χ0n) is 11.9. The van der Waals surface area contributed by atoms with Crippen LogP contribution in [0.15, 0.2) is 24.5 Å². The number of aryl methyl sites for hydroxylation is 1. The highest BCUT2D eigenvalue weighted by atomic mass is 16.5. The summed E-state index contributed by atoms with van der Waals surface area (Å²) in [4.78, 5) is 11.8. The lowest BCUT2D eigenvalue weighted by Crippen LogP contribution is -2.32. The van der Waals surface area contributed by atoms with Gasteiger partial charge in [0.1, 0.15) is 23.5 Å². The lowest BCUT2D eigenvalue weighted by molar-refractivity contribution is 0.0854. The van der Waals surface area contributed by atoms with Gasteiger partial charge in [0.2, 0.25) is 5.65 Å². The monoisotopic (exact) mass is 281 g/mol. The van der Waals surface area contributed by atoms with Crippen LogP contribution in [0.1, 0.15) is 25.8 Å². The summed E-state index contributed by atoms with van der Waals surface area (Å²) in [6.45, 7) is 4.22. The molecule has 0 spiro atoms. The molecule has 0 radical (unpaired) electrons. The van der Waals surface area contributed by atoms with E-state index >= 15 is 0 Å². The molecule has 3 aromatic rings. The molecule has 21 heavy (non-hydrogen) atoms. The normalized spacial score (nSPS) is 16.5. The maximum Gasteiger partial charge on any atom is 0.219 e. The zero-order valence-corrected chi connectivity index (χ0v) is 11.9. The molecule has 0 saturated carbocycles. The Kier molecular flexibility index (Phi) is 2.48. The molecular formula is C15H15N5O. The average Bonchev–Trinajstić information content (AvgIpc) is 2.89. The summed E-state index contributed by atoms with van der Waals surface area (Å²) in [5, 5.41) is 7.73. The SMILES string of the molecule is CC1(C)CCc2cccc(-c3nc4nncnc4[nH]3)c2O1. The molecular weight excluding hydrogens is 266 g/mol. The lowest BCUT2D eigenvalue weighted by Gasteiger charge is -2.33. The number of ether oxygens (including phenoxy) is 1. The Labute approximate surface area is 121 Å². The number of para-hydroxylation sites is 1. The van der Waals surface area contributed by atoms with E-state index in [0.717, 1.165) is 24.2 Å². The number of aromatic amines is 1. The predicted molar refractivity (Wildman–Crippen MR) is 77.9 cm³/mol. The first-order valence-corrected chi connectivity index (χ1v) is 6.97. The van der Waals surface area contributed by atoms with Crippen LogP contribution in [0.2, 0.25) is 0 Å². The maximum absolute atomic E-state index is 6.18. The third kappa shape index (κ3) is 2.03. The number of benzene rings is 1. The highest BCUT2D eigenvalue weighted by Crippen LogP contribution is 2.39. The van der Waals surface area contributed by atoms with Gasteiger partial charge < -0.3 is 9.72 Å². The van der Waals surface area contributed by atoms with Crippen LogP contribution in [0.3, 0.4) is 0 Å². The van der Waals surface area contributed by atoms with Gasteiger partial charge in [-0.25, -0.2) is 9.97 Å². The van der Waals surface area contributed by atoms with Crippen molar-refractivity contribution in [3.05, 3.63) is 30.1 Å². The fraction of sp³-hybridized carbons (Fsp3) is 0.333. The van der Waals surface area contributed by atoms with Crippen LogP contribution in [0.5, 0.6) is 5.75 Å². The molecule has 2 aromatic heterocycles. The van der Waals surface area contributed by atoms with Crippen molar-refractivity contribution in [1.29, 1.82) is 0 Å². The van der Waals surface area contributed by atoms with E-state index in [9.17, 15) is 0 Å². The van der Waals surface area contributed by atoms with Gasteiger partial charge in [-0.1, -0.05) is 12.1 Å². The first-order valence-electron chi connectivity index (χ1n) is 6.97. The van der Waals surface area contributed by atoms with Crippen LogP contribution >= 0.6 is 0 Å². The summed E-state index contributed by atoms with van der Waals surface area (Å²) in [5.74, 6) is 1.62. The van der Waals surface area contributed by atoms with E-state index < -0.39 is 0 Å². The van der Waals surface area contributed by atoms with Crippen LogP contribution in [0, 0.1) is 0 Å². The minimum absolute atomic E-state index is 0.160. The number of hydrogen-bond acceptors (Lipinski definition) is 5. The summed E-state index contributed by atoms with van der Waals surface area (Å²) in [7, 11) is 0. The fourth-order valence-corrected chi connectivity index (χ4v) is 2.66. The molecule has 0 unspecified atom stereocenters. The van der Waals surface area contributed by atoms with Crippen molar-refractivity contribution in [2.75, 3.05) is 0 Å². The third-order valence-corrected chi connectivity index (χ3v) is 3.78. The molecule has 0 saturated heterocycles. The molecule has 1 N–H and O–H groups in total. The van der Waals surface area contributed by atoms with E-state index in [-0.39, 0.29) is 5.60 Å². The molecule has 106 valence electrons. The van der Waals surface area contributed by atoms with Crippen molar-refractivity contribution in [2.24, 2.45) is 0 Å². The Hall–Kier alpha value is -2.50. The van der Waals surface area contributed by atoms with Crippen molar-refractivity contribution >= 4 is 11.3 Å². The van der Waals surface area contributed by atoms with E-state index in [1.165, 1.54) is 11.9 Å². The van der Waals surface area contributed by atoms with Gasteiger partial charge in [-0.05, 0) is 38.3 Å². The van der Waals surface area contributed by atoms with E-state index in [0.29, 0.717) is 17.1 Å². The van der Waals surface area contributed by atoms with Crippen LogP contribution in [0.4, 0.5) is 0 Å². The first-order chi connectivity index (χ1) is 10.1. The molecule has 4 rings (SSSR count). The molecule has 3 heterocycles. The molecule has 0 fully saturated rings. The third-order valence-electron chi connectivity index (χ3n) is 3.78. The smallest absolute Gasteiger partial charge is 0.219 e. The van der Waals surface area contributed by atoms with Gasteiger partial charge in [-0.15, -0.1) is 10.2 Å². The van der Waals surface area contributed by atoms with Crippen LogP contribution in [-0.2, 0) is 6.42 Å². The number of hydrogen-bond donors (Lipinski definition) is 1. The summed E-state index contributed by atoms with van der Waals surface area (Å²) in [6, 6.07) is 6.14. The van der Waals surface area contributed by atoms with Crippen LogP contribution < -0.4 is 4.74 Å². The zero-order chi connectivity index (χ0) is 14.4. The van der Waals surface area contributed by atoms with Crippen LogP contribution in [-0.4, -0.2) is 30.8 Å². The minimum Gasteiger partial charge on any atom is -0.487 e. The second-order valence-corrected chi connectivity index (χ2v) is 5.87. The summed E-state index contributed by atoms with van der Waals surface area (Å²) < 4.78 is 6.18. The van der Waals surface area contributed by atoms with Crippen LogP contribution in [0.25, 0.3) is 22.7 Å². The van der Waals surface area contributed by atoms with Gasteiger partial charge in [0.15, 0.2) is 5.65 Å². The number of imidazole rings is 1. The quantitative estimate of drug-likeness (QED) is 0.741. The van der Waals surface area contributed by atoms with Gasteiger partial charge in [0.05, 0.1) is 5.56 Å². The average molecular weight is 281 g/mol. The van der Waals surface area contributed by atoms with Gasteiger partial charge in [0, 0.05) is 0 Å². The van der Waals surface area contributed by atoms with Crippen molar-refractivity contribution in [3.63, 3.8) is 0 Å². The number of nitrogens with one attached hydrogen (secondary N) is 1. The predicted octanol–water partition coefficient (Wildman–Crippen LogP) is 2.52. The van der Waals surface area contributed by atoms with Crippen molar-refractivity contribution in [3.8, 4) is 17.1 Å². The van der Waals surface area contributed by atoms with Crippen molar-refractivity contribution < 1.29 is 4.74 Å². The standard InChI is InChI=1S/C15H15N5O/c1-15(2)7-6-9-4-3-5-10(11(9)21-15)12-18-13-14(19-12)20-17-8-16-13/h3-5,8H,6-7H2,1-2H3,(H,16,17,18,19,20). The lowest BCUT2D eigenvalue weighted by atomic mass is 9.92. The topological polar surface area (TPSA) is 76.6 Å². The van der Waals surface area contributed by atoms with E-state index in [1.807, 2.05) is 12.1 Å². The van der Waals surface area contributed by atoms with Crippen molar-refractivity contribution in [2.45, 2.75) is 32.3 Å². The minimum atomic E-state index is -0.160. The number of rotatable bonds is 1. The molecule has 1 aliphatic heterocycles. The Morgan fingerprint density at radius 3 is 3.05 bits per heavy atom. The molecule has 0 bridgehead atoms. The second kappa shape index (κ2) is 4.25. The Morgan fingerprint density at radius 1 is 1.29 bits per heavy atom. The van der Waals surface area contributed by atoms with Gasteiger partial charge in [0.25, 0.3) is 0 Å². The number of aromatic nitrogens is 5. The Bertz CT molecular complexity index is 791. The molecule has 0 aliphatic carbocycles. The highest BCUT2D eigenvalue weighted by molar-refractivity contribution is 5.75. The van der Waals surface area contributed by atoms with E-state index in [2.05, 4.69) is 45.1 Å². The molecule has 1 aliphatic rings. The van der Waals surface area contributed by atoms with E-state index in [4.69, 9.17) is 4.74 Å². The van der Waals surface area contributed by atoms with Gasteiger partial charge >= 0.3 is 0 Å². The number of H-pyrrole nitrogens is 1. The fourth-order valence-electron chi connectivity index (χ4n) is 2.66. The summed E-state index contributed by atoms with van der Waals surface area (Å²) >= 11 is 0. The maximum atomic E-state index is 6.18. The highest BCUT2D eigenvalue weighted by Gasteiger charge is 2.29. The molecule has 6 nitrogen and oxygen atoms in total. The molecule has 6 heteroatoms. The second-order valence-electron chi connectivity index (χ2n) is 5.87. The van der Waals surface area contributed by atoms with Gasteiger partial charge in [-0.2, -0.15) is 0 Å². The summed E-state index contributed by atoms with van der Waals surface area (Å²) in [6.07, 6.45) is 3.43. The Balaban J connectivity index is 1.89. The first kappa shape index (κ1) is 12.3. The number of nitrogens with zero attached hydrogens (tertiary/aromatic N) is 4. The molecule has 0 atom stereocenters. The molecule has 0 amide bonds. The largest absolute Gasteiger partial charge is 0.487 e. The van der Waals surface area contributed by atoms with Crippen molar-refractivity contribution in [1.82, 2.24) is 25.1 Å². The number of fused-ring (bicyclic) bond motifs is 2. The van der Waals surface area contributed by atoms with E-state index in [1.54, 1.807) is 0 Å². The van der Waals surface area contributed by atoms with Gasteiger partial charge in [-0.3, -0.25) is 0 Å². The molecule has 1 aromatic carbocycles.